The van der Waals surface area contributed by atoms with Crippen LogP contribution in [-0.2, 0) is 4.79 Å². The summed E-state index contributed by atoms with van der Waals surface area (Å²) in [5, 5.41) is 4.92. The van der Waals surface area contributed by atoms with Crippen LogP contribution < -0.4 is 16.4 Å². The Morgan fingerprint density at radius 1 is 1.48 bits per heavy atom. The van der Waals surface area contributed by atoms with E-state index < -0.39 is 0 Å². The first-order valence-electron chi connectivity index (χ1n) is 7.76. The van der Waals surface area contributed by atoms with Crippen LogP contribution in [-0.4, -0.2) is 34.0 Å². The minimum atomic E-state index is -0.370. The third kappa shape index (κ3) is 5.64. The maximum Gasteiger partial charge on any atom is 0.260 e. The van der Waals surface area contributed by atoms with Gasteiger partial charge in [-0.1, -0.05) is 13.3 Å². The number of unbranched alkanes of at least 4 members (excludes halogenated alkanes) is 1. The van der Waals surface area contributed by atoms with E-state index in [4.69, 9.17) is 5.73 Å². The van der Waals surface area contributed by atoms with Crippen LogP contribution in [0.25, 0.3) is 0 Å². The van der Waals surface area contributed by atoms with Crippen molar-refractivity contribution in [3.63, 3.8) is 0 Å². The number of rotatable bonds is 8. The highest BCUT2D eigenvalue weighted by molar-refractivity contribution is 7.99. The summed E-state index contributed by atoms with van der Waals surface area (Å²) >= 11 is 1.67. The molecule has 2 aromatic rings. The summed E-state index contributed by atoms with van der Waals surface area (Å²) in [4.78, 5) is 34.9. The zero-order chi connectivity index (χ0) is 18.1. The van der Waals surface area contributed by atoms with Crippen molar-refractivity contribution in [1.82, 2.24) is 15.3 Å². The number of hydrogen-bond acceptors (Lipinski definition) is 5. The summed E-state index contributed by atoms with van der Waals surface area (Å²) in [6.45, 7) is 2.13. The predicted molar refractivity (Wildman–Crippen MR) is 99.1 cm³/mol. The van der Waals surface area contributed by atoms with Crippen molar-refractivity contribution < 1.29 is 9.59 Å². The summed E-state index contributed by atoms with van der Waals surface area (Å²) in [5.74, 6) is 0.842. The highest BCUT2D eigenvalue weighted by atomic mass is 32.2. The number of nitrogens with two attached hydrogens (primary N) is 1. The van der Waals surface area contributed by atoms with Crippen molar-refractivity contribution >= 4 is 41.7 Å². The van der Waals surface area contributed by atoms with Gasteiger partial charge in [-0.25, -0.2) is 9.98 Å². The lowest BCUT2D eigenvalue weighted by molar-refractivity contribution is -0.108. The number of carbonyl (C=O) groups excluding carboxylic acids is 2. The van der Waals surface area contributed by atoms with Gasteiger partial charge in [0.2, 0.25) is 12.4 Å². The first kappa shape index (κ1) is 18.5. The van der Waals surface area contributed by atoms with E-state index in [2.05, 4.69) is 32.5 Å². The first-order chi connectivity index (χ1) is 12.1. The Morgan fingerprint density at radius 2 is 2.32 bits per heavy atom. The lowest BCUT2D eigenvalue weighted by Gasteiger charge is -2.09. The quantitative estimate of drug-likeness (QED) is 0.189. The maximum atomic E-state index is 12.6. The van der Waals surface area contributed by atoms with E-state index in [1.54, 1.807) is 30.1 Å². The van der Waals surface area contributed by atoms with Crippen molar-refractivity contribution in [3.05, 3.63) is 36.2 Å². The number of thioether (sulfide) groups is 1. The summed E-state index contributed by atoms with van der Waals surface area (Å²) in [6, 6.07) is 5.33. The second-order valence-electron chi connectivity index (χ2n) is 5.03. The van der Waals surface area contributed by atoms with Crippen LogP contribution >= 0.6 is 11.8 Å². The summed E-state index contributed by atoms with van der Waals surface area (Å²) in [7, 11) is 0. The Hall–Kier alpha value is -2.81. The van der Waals surface area contributed by atoms with Crippen LogP contribution in [0.15, 0.2) is 40.5 Å². The smallest absolute Gasteiger partial charge is 0.260 e. The minimum absolute atomic E-state index is 0.0894. The molecule has 0 saturated carbocycles. The fraction of sp³-hybridized carbons (Fsp3) is 0.250. The SMILES string of the molecule is CCCCSc1ccc(N=C(N)NC=O)c(C(=O)Nc2ncc[nH]2)c1. The van der Waals surface area contributed by atoms with E-state index in [1.165, 1.54) is 6.20 Å². The van der Waals surface area contributed by atoms with Gasteiger partial charge in [-0.15, -0.1) is 11.8 Å². The topological polar surface area (TPSA) is 125 Å². The Kier molecular flexibility index (Phi) is 7.02. The Morgan fingerprint density at radius 3 is 3.00 bits per heavy atom. The molecule has 25 heavy (non-hydrogen) atoms. The Bertz CT molecular complexity index is 745. The normalized spacial score (nSPS) is 11.2. The number of imidazole rings is 1. The summed E-state index contributed by atoms with van der Waals surface area (Å²) in [6.07, 6.45) is 5.77. The number of guanidine groups is 1. The molecule has 8 nitrogen and oxygen atoms in total. The van der Waals surface area contributed by atoms with Gasteiger partial charge in [0.05, 0.1) is 11.3 Å². The lowest BCUT2D eigenvalue weighted by Crippen LogP contribution is -2.29. The number of benzene rings is 1. The number of aromatic nitrogens is 2. The number of anilines is 1. The minimum Gasteiger partial charge on any atom is -0.369 e. The largest absolute Gasteiger partial charge is 0.369 e. The van der Waals surface area contributed by atoms with E-state index >= 15 is 0 Å². The molecular weight excluding hydrogens is 340 g/mol. The van der Waals surface area contributed by atoms with Crippen molar-refractivity contribution in [2.24, 2.45) is 10.7 Å². The fourth-order valence-corrected chi connectivity index (χ4v) is 2.98. The van der Waals surface area contributed by atoms with Gasteiger partial charge in [0, 0.05) is 17.3 Å². The predicted octanol–water partition coefficient (Wildman–Crippen LogP) is 2.25. The molecule has 132 valence electrons. The first-order valence-corrected chi connectivity index (χ1v) is 8.74. The number of carbonyl (C=O) groups is 2. The van der Waals surface area contributed by atoms with Crippen molar-refractivity contribution in [3.8, 4) is 0 Å². The molecular formula is C16H20N6O2S. The lowest BCUT2D eigenvalue weighted by atomic mass is 10.1. The van der Waals surface area contributed by atoms with E-state index in [9.17, 15) is 9.59 Å². The van der Waals surface area contributed by atoms with Gasteiger partial charge in [-0.2, -0.15) is 0 Å². The number of H-pyrrole nitrogens is 1. The van der Waals surface area contributed by atoms with E-state index in [-0.39, 0.29) is 11.9 Å². The molecule has 0 bridgehead atoms. The van der Waals surface area contributed by atoms with E-state index in [1.807, 2.05) is 6.07 Å². The van der Waals surface area contributed by atoms with Crippen LogP contribution in [0.5, 0.6) is 0 Å². The average molecular weight is 360 g/mol. The summed E-state index contributed by atoms with van der Waals surface area (Å²) < 4.78 is 0. The molecule has 0 saturated heterocycles. The van der Waals surface area contributed by atoms with Crippen molar-refractivity contribution in [2.45, 2.75) is 24.7 Å². The molecule has 0 aliphatic carbocycles. The highest BCUT2D eigenvalue weighted by Crippen LogP contribution is 2.27. The molecule has 0 aliphatic heterocycles. The Balaban J connectivity index is 2.29. The number of nitrogens with zero attached hydrogens (tertiary/aromatic N) is 2. The van der Waals surface area contributed by atoms with Crippen LogP contribution in [0.1, 0.15) is 30.1 Å². The zero-order valence-electron chi connectivity index (χ0n) is 13.8. The third-order valence-electron chi connectivity index (χ3n) is 3.16. The molecule has 1 heterocycles. The van der Waals surface area contributed by atoms with Crippen LogP contribution in [0.4, 0.5) is 11.6 Å². The monoisotopic (exact) mass is 360 g/mol. The zero-order valence-corrected chi connectivity index (χ0v) is 14.6. The standard InChI is InChI=1S/C16H20N6O2S/c1-2-3-8-25-11-4-5-13(21-15(17)20-10-23)12(9-11)14(24)22-16-18-6-7-19-16/h4-7,9-10H,2-3,8H2,1H3,(H3,17,20,21,23)(H2,18,19,22,24). The number of aliphatic imine (C=N–C) groups is 1. The molecule has 1 aromatic carbocycles. The molecule has 0 spiro atoms. The van der Waals surface area contributed by atoms with Crippen molar-refractivity contribution in [1.29, 1.82) is 0 Å². The van der Waals surface area contributed by atoms with E-state index in [0.717, 1.165) is 23.5 Å². The van der Waals surface area contributed by atoms with Crippen LogP contribution in [0.2, 0.25) is 0 Å². The number of hydrogen-bond donors (Lipinski definition) is 4. The van der Waals surface area contributed by atoms with Gasteiger partial charge in [0.1, 0.15) is 0 Å². The molecule has 0 unspecified atom stereocenters. The van der Waals surface area contributed by atoms with Crippen LogP contribution in [0.3, 0.4) is 0 Å². The van der Waals surface area contributed by atoms with Gasteiger partial charge >= 0.3 is 0 Å². The van der Waals surface area contributed by atoms with Gasteiger partial charge in [-0.3, -0.25) is 20.2 Å². The number of amides is 2. The molecule has 2 amide bonds. The van der Waals surface area contributed by atoms with Crippen LogP contribution in [0, 0.1) is 0 Å². The Labute approximate surface area is 149 Å². The number of nitrogens with one attached hydrogen (secondary N) is 3. The molecule has 0 aliphatic rings. The third-order valence-corrected chi connectivity index (χ3v) is 4.24. The summed E-state index contributed by atoms with van der Waals surface area (Å²) in [5.41, 5.74) is 6.31. The fourth-order valence-electron chi connectivity index (χ4n) is 1.95. The van der Waals surface area contributed by atoms with Gasteiger partial charge in [0.15, 0.2) is 5.96 Å². The molecule has 0 radical (unpaired) electrons. The number of aromatic amines is 1. The van der Waals surface area contributed by atoms with Gasteiger partial charge in [0.25, 0.3) is 5.91 Å². The highest BCUT2D eigenvalue weighted by Gasteiger charge is 2.14. The molecule has 5 N–H and O–H groups in total. The average Bonchev–Trinajstić information content (AvgIpc) is 3.09. The molecule has 0 fully saturated rings. The molecule has 0 atom stereocenters. The second kappa shape index (κ2) is 9.48. The van der Waals surface area contributed by atoms with Gasteiger partial charge < -0.3 is 10.7 Å². The van der Waals surface area contributed by atoms with Gasteiger partial charge in [-0.05, 0) is 30.4 Å². The van der Waals surface area contributed by atoms with Crippen molar-refractivity contribution in [2.75, 3.05) is 11.1 Å². The molecule has 2 rings (SSSR count). The maximum absolute atomic E-state index is 12.6. The van der Waals surface area contributed by atoms with E-state index in [0.29, 0.717) is 23.6 Å². The molecule has 9 heteroatoms. The molecule has 1 aromatic heterocycles. The second-order valence-corrected chi connectivity index (χ2v) is 6.20.